The third-order valence-corrected chi connectivity index (χ3v) is 2.28. The van der Waals surface area contributed by atoms with Crippen molar-refractivity contribution < 1.29 is 19.1 Å². The number of hydrogen-bond donors (Lipinski definition) is 0. The number of fused-ring (bicyclic) bond motifs is 1. The lowest BCUT2D eigenvalue weighted by Crippen LogP contribution is -2.16. The molecule has 0 saturated heterocycles. The van der Waals surface area contributed by atoms with Gasteiger partial charge in [-0.05, 0) is 25.1 Å². The zero-order chi connectivity index (χ0) is 12.4. The first-order chi connectivity index (χ1) is 8.13. The van der Waals surface area contributed by atoms with Crippen LogP contribution in [-0.4, -0.2) is 29.1 Å². The Hall–Kier alpha value is -2.30. The number of carbonyl (C=O) groups excluding carboxylic acids is 3. The summed E-state index contributed by atoms with van der Waals surface area (Å²) < 4.78 is 4.79. The van der Waals surface area contributed by atoms with Gasteiger partial charge in [0.15, 0.2) is 5.78 Å². The minimum absolute atomic E-state index is 0.0746. The second kappa shape index (κ2) is 4.29. The van der Waals surface area contributed by atoms with Crippen LogP contribution in [-0.2, 0) is 4.74 Å². The van der Waals surface area contributed by atoms with E-state index in [2.05, 4.69) is 4.98 Å². The topological polar surface area (TPSA) is 73.3 Å². The summed E-state index contributed by atoms with van der Waals surface area (Å²) in [4.78, 5) is 38.2. The predicted molar refractivity (Wildman–Crippen MR) is 58.0 cm³/mol. The van der Waals surface area contributed by atoms with Crippen LogP contribution in [0.4, 0.5) is 0 Å². The van der Waals surface area contributed by atoms with Crippen molar-refractivity contribution >= 4 is 17.5 Å². The molecule has 0 bridgehead atoms. The molecule has 1 aliphatic rings. The number of hydrogen-bond acceptors (Lipinski definition) is 5. The molecule has 0 aromatic carbocycles. The molecule has 0 aliphatic heterocycles. The number of rotatable bonds is 2. The summed E-state index contributed by atoms with van der Waals surface area (Å²) >= 11 is 0. The van der Waals surface area contributed by atoms with E-state index in [1.807, 2.05) is 0 Å². The molecule has 1 aliphatic carbocycles. The number of carbonyl (C=O) groups is 3. The van der Waals surface area contributed by atoms with Crippen LogP contribution >= 0.6 is 0 Å². The van der Waals surface area contributed by atoms with Gasteiger partial charge in [0.2, 0.25) is 5.78 Å². The van der Waals surface area contributed by atoms with Gasteiger partial charge >= 0.3 is 5.97 Å². The molecule has 0 saturated carbocycles. The van der Waals surface area contributed by atoms with E-state index in [0.717, 1.165) is 0 Å². The SMILES string of the molecule is CCOC(=O)c1cnc2c(c1)C(=O)C=CC2=O. The first-order valence-electron chi connectivity index (χ1n) is 5.07. The second-order valence-corrected chi connectivity index (χ2v) is 3.40. The fraction of sp³-hybridized carbons (Fsp3) is 0.167. The highest BCUT2D eigenvalue weighted by Crippen LogP contribution is 2.16. The van der Waals surface area contributed by atoms with Gasteiger partial charge in [-0.3, -0.25) is 14.6 Å². The first kappa shape index (κ1) is 11.2. The summed E-state index contributed by atoms with van der Waals surface area (Å²) in [5.41, 5.74) is 0.385. The van der Waals surface area contributed by atoms with E-state index in [9.17, 15) is 14.4 Å². The second-order valence-electron chi connectivity index (χ2n) is 3.40. The van der Waals surface area contributed by atoms with Crippen LogP contribution in [0, 0.1) is 0 Å². The lowest BCUT2D eigenvalue weighted by atomic mass is 9.98. The molecule has 17 heavy (non-hydrogen) atoms. The highest BCUT2D eigenvalue weighted by atomic mass is 16.5. The first-order valence-corrected chi connectivity index (χ1v) is 5.07. The van der Waals surface area contributed by atoms with Gasteiger partial charge in [0.1, 0.15) is 5.69 Å². The molecule has 86 valence electrons. The van der Waals surface area contributed by atoms with Crippen molar-refractivity contribution in [2.45, 2.75) is 6.92 Å². The maximum absolute atomic E-state index is 11.5. The molecular formula is C12H9NO4. The molecule has 5 nitrogen and oxygen atoms in total. The van der Waals surface area contributed by atoms with Gasteiger partial charge in [-0.25, -0.2) is 4.79 Å². The van der Waals surface area contributed by atoms with Crippen molar-refractivity contribution in [1.29, 1.82) is 0 Å². The Morgan fingerprint density at radius 1 is 1.29 bits per heavy atom. The summed E-state index contributed by atoms with van der Waals surface area (Å²) in [5.74, 6) is -1.23. The number of ketones is 2. The van der Waals surface area contributed by atoms with E-state index in [1.54, 1.807) is 6.92 Å². The van der Waals surface area contributed by atoms with E-state index in [4.69, 9.17) is 4.74 Å². The standard InChI is InChI=1S/C12H9NO4/c1-2-17-12(16)7-5-8-9(14)3-4-10(15)11(8)13-6-7/h3-6H,2H2,1H3. The summed E-state index contributed by atoms with van der Waals surface area (Å²) in [6.07, 6.45) is 3.57. The minimum Gasteiger partial charge on any atom is -0.462 e. The third kappa shape index (κ3) is 1.99. The molecule has 0 amide bonds. The van der Waals surface area contributed by atoms with Crippen LogP contribution in [0.5, 0.6) is 0 Å². The van der Waals surface area contributed by atoms with Gasteiger partial charge in [0.05, 0.1) is 17.7 Å². The van der Waals surface area contributed by atoms with Crippen molar-refractivity contribution in [3.63, 3.8) is 0 Å². The number of ether oxygens (including phenoxy) is 1. The van der Waals surface area contributed by atoms with Crippen molar-refractivity contribution in [2.24, 2.45) is 0 Å². The van der Waals surface area contributed by atoms with E-state index in [0.29, 0.717) is 0 Å². The Bertz CT molecular complexity index is 545. The molecule has 5 heteroatoms. The summed E-state index contributed by atoms with van der Waals surface area (Å²) in [5, 5.41) is 0. The number of nitrogens with zero attached hydrogens (tertiary/aromatic N) is 1. The quantitative estimate of drug-likeness (QED) is 0.715. The monoisotopic (exact) mass is 231 g/mol. The smallest absolute Gasteiger partial charge is 0.339 e. The van der Waals surface area contributed by atoms with E-state index in [-0.39, 0.29) is 35.0 Å². The molecule has 1 heterocycles. The average molecular weight is 231 g/mol. The number of aromatic nitrogens is 1. The minimum atomic E-state index is -0.558. The van der Waals surface area contributed by atoms with Crippen LogP contribution in [0.25, 0.3) is 0 Å². The van der Waals surface area contributed by atoms with Crippen LogP contribution in [0.3, 0.4) is 0 Å². The van der Waals surface area contributed by atoms with Crippen LogP contribution in [0.15, 0.2) is 24.4 Å². The van der Waals surface area contributed by atoms with Gasteiger partial charge < -0.3 is 4.74 Å². The largest absolute Gasteiger partial charge is 0.462 e. The Morgan fingerprint density at radius 2 is 2.00 bits per heavy atom. The lowest BCUT2D eigenvalue weighted by molar-refractivity contribution is 0.0525. The maximum Gasteiger partial charge on any atom is 0.339 e. The average Bonchev–Trinajstić information content (AvgIpc) is 2.34. The fourth-order valence-corrected chi connectivity index (χ4v) is 1.50. The van der Waals surface area contributed by atoms with Gasteiger partial charge in [0, 0.05) is 6.20 Å². The molecule has 0 unspecified atom stereocenters. The molecule has 0 radical (unpaired) electrons. The molecule has 0 fully saturated rings. The molecular weight excluding hydrogens is 222 g/mol. The number of allylic oxidation sites excluding steroid dienone is 2. The lowest BCUT2D eigenvalue weighted by Gasteiger charge is -2.09. The Balaban J connectivity index is 2.45. The Kier molecular flexibility index (Phi) is 2.82. The zero-order valence-corrected chi connectivity index (χ0v) is 9.10. The molecule has 0 spiro atoms. The fourth-order valence-electron chi connectivity index (χ4n) is 1.50. The van der Waals surface area contributed by atoms with Crippen molar-refractivity contribution in [3.8, 4) is 0 Å². The van der Waals surface area contributed by atoms with Crippen LogP contribution in [0.1, 0.15) is 38.1 Å². The highest BCUT2D eigenvalue weighted by molar-refractivity contribution is 6.21. The van der Waals surface area contributed by atoms with Crippen LogP contribution < -0.4 is 0 Å². The van der Waals surface area contributed by atoms with Crippen molar-refractivity contribution in [3.05, 3.63) is 41.2 Å². The third-order valence-electron chi connectivity index (χ3n) is 2.28. The zero-order valence-electron chi connectivity index (χ0n) is 9.10. The summed E-state index contributed by atoms with van der Waals surface area (Å²) in [7, 11) is 0. The highest BCUT2D eigenvalue weighted by Gasteiger charge is 2.22. The van der Waals surface area contributed by atoms with Crippen LogP contribution in [0.2, 0.25) is 0 Å². The molecule has 1 aromatic rings. The van der Waals surface area contributed by atoms with Crippen molar-refractivity contribution in [2.75, 3.05) is 6.61 Å². The predicted octanol–water partition coefficient (Wildman–Crippen LogP) is 1.19. The van der Waals surface area contributed by atoms with Gasteiger partial charge in [-0.1, -0.05) is 0 Å². The Labute approximate surface area is 97.1 Å². The van der Waals surface area contributed by atoms with E-state index in [1.165, 1.54) is 24.4 Å². The molecule has 1 aromatic heterocycles. The van der Waals surface area contributed by atoms with Gasteiger partial charge in [-0.2, -0.15) is 0 Å². The maximum atomic E-state index is 11.5. The normalized spacial score (nSPS) is 13.5. The number of pyridine rings is 1. The molecule has 2 rings (SSSR count). The van der Waals surface area contributed by atoms with Crippen molar-refractivity contribution in [1.82, 2.24) is 4.98 Å². The summed E-state index contributed by atoms with van der Waals surface area (Å²) in [6.45, 7) is 1.92. The number of esters is 1. The van der Waals surface area contributed by atoms with Gasteiger partial charge in [0.25, 0.3) is 0 Å². The molecule has 0 N–H and O–H groups in total. The summed E-state index contributed by atoms with van der Waals surface area (Å²) in [6, 6.07) is 1.34. The van der Waals surface area contributed by atoms with E-state index >= 15 is 0 Å². The molecule has 0 atom stereocenters. The van der Waals surface area contributed by atoms with E-state index < -0.39 is 5.97 Å². The Morgan fingerprint density at radius 3 is 2.71 bits per heavy atom. The van der Waals surface area contributed by atoms with Gasteiger partial charge in [-0.15, -0.1) is 0 Å².